The number of esters is 1. The number of rotatable bonds is 4. The Labute approximate surface area is 468 Å². The summed E-state index contributed by atoms with van der Waals surface area (Å²) in [6, 6.07) is 0. The van der Waals surface area contributed by atoms with Crippen molar-refractivity contribution in [3.8, 4) is 0 Å². The summed E-state index contributed by atoms with van der Waals surface area (Å²) in [5.74, 6) is -4.65. The van der Waals surface area contributed by atoms with Gasteiger partial charge in [-0.1, -0.05) is 40.9 Å². The zero-order valence-electron chi connectivity index (χ0n) is 47.0. The Bertz CT molecular complexity index is 2400. The van der Waals surface area contributed by atoms with Crippen molar-refractivity contribution >= 4 is 5.97 Å². The third-order valence-electron chi connectivity index (χ3n) is 22.1. The van der Waals surface area contributed by atoms with Crippen LogP contribution >= 0.6 is 0 Å². The van der Waals surface area contributed by atoms with Crippen molar-refractivity contribution in [2.45, 2.75) is 313 Å². The number of aliphatic hydroxyl groups excluding tert-OH is 2. The maximum Gasteiger partial charge on any atom is 0.308 e. The molecule has 32 atom stereocenters. The van der Waals surface area contributed by atoms with E-state index in [1.165, 1.54) is 0 Å². The lowest BCUT2D eigenvalue weighted by Crippen LogP contribution is -2.62. The highest BCUT2D eigenvalue weighted by atomic mass is 16.8. The summed E-state index contributed by atoms with van der Waals surface area (Å²) < 4.78 is 103. The zero-order chi connectivity index (χ0) is 54.9. The summed E-state index contributed by atoms with van der Waals surface area (Å²) in [5.41, 5.74) is 7.74. The predicted molar refractivity (Wildman–Crippen MR) is 277 cm³/mol. The molecule has 20 nitrogen and oxygen atoms in total. The predicted octanol–water partition coefficient (Wildman–Crippen LogP) is 4.21. The maximum atomic E-state index is 14.6. The van der Waals surface area contributed by atoms with Gasteiger partial charge in [-0.25, -0.2) is 0 Å². The van der Waals surface area contributed by atoms with E-state index < -0.39 is 96.4 Å². The van der Waals surface area contributed by atoms with Crippen molar-refractivity contribution in [1.29, 1.82) is 0 Å². The molecule has 0 amide bonds. The van der Waals surface area contributed by atoms with Gasteiger partial charge in [-0.15, -0.1) is 0 Å². The van der Waals surface area contributed by atoms with Crippen LogP contribution in [-0.2, 0) is 75.8 Å². The van der Waals surface area contributed by atoms with Gasteiger partial charge in [0.15, 0.2) is 17.4 Å². The third kappa shape index (κ3) is 9.31. The molecule has 16 aliphatic rings. The van der Waals surface area contributed by atoms with Gasteiger partial charge in [0.25, 0.3) is 0 Å². The first-order valence-corrected chi connectivity index (χ1v) is 31.0. The molecule has 12 bridgehead atoms. The summed E-state index contributed by atoms with van der Waals surface area (Å²) in [5, 5.41) is 33.1. The van der Waals surface area contributed by atoms with Gasteiger partial charge < -0.3 is 92.1 Å². The Hall–Kier alpha value is -1.77. The second-order valence-corrected chi connectivity index (χ2v) is 27.8. The molecule has 0 saturated carbocycles. The minimum Gasteiger partial charge on any atom is -0.459 e. The lowest BCUT2D eigenvalue weighted by molar-refractivity contribution is -0.347. The third-order valence-corrected chi connectivity index (χ3v) is 22.1. The van der Waals surface area contributed by atoms with Crippen LogP contribution in [0.3, 0.4) is 0 Å². The molecule has 3 spiro atoms. The van der Waals surface area contributed by atoms with Crippen molar-refractivity contribution in [2.24, 2.45) is 29.4 Å². The quantitative estimate of drug-likeness (QED) is 0.228. The Morgan fingerprint density at radius 2 is 1.26 bits per heavy atom. The van der Waals surface area contributed by atoms with Crippen molar-refractivity contribution < 1.29 is 91.2 Å². The highest BCUT2D eigenvalue weighted by Gasteiger charge is 2.75. The molecule has 446 valence electrons. The number of nitrogens with two attached hydrogens (primary N) is 1. The van der Waals surface area contributed by atoms with E-state index in [1.54, 1.807) is 0 Å². The van der Waals surface area contributed by atoms with Gasteiger partial charge >= 0.3 is 5.97 Å². The minimum atomic E-state index is -1.54. The maximum absolute atomic E-state index is 14.6. The van der Waals surface area contributed by atoms with E-state index in [1.807, 2.05) is 0 Å². The zero-order valence-corrected chi connectivity index (χ0v) is 47.0. The van der Waals surface area contributed by atoms with Crippen LogP contribution in [0.5, 0.6) is 0 Å². The molecule has 0 aliphatic carbocycles. The molecule has 16 aliphatic heterocycles. The van der Waals surface area contributed by atoms with E-state index in [9.17, 15) is 20.1 Å². The molecular formula is C60H87NO19. The van der Waals surface area contributed by atoms with Gasteiger partial charge in [-0.05, 0) is 73.8 Å². The minimum absolute atomic E-state index is 0.0190. The molecule has 1 unspecified atom stereocenters. The van der Waals surface area contributed by atoms with E-state index in [4.69, 9.17) is 76.8 Å². The molecule has 16 fully saturated rings. The largest absolute Gasteiger partial charge is 0.459 e. The normalized spacial score (nSPS) is 57.6. The van der Waals surface area contributed by atoms with Crippen LogP contribution in [0.25, 0.3) is 0 Å². The Morgan fingerprint density at radius 1 is 0.562 bits per heavy atom. The van der Waals surface area contributed by atoms with E-state index in [-0.39, 0.29) is 129 Å². The molecule has 5 N–H and O–H groups in total. The molecule has 0 aromatic heterocycles. The molecule has 0 aromatic rings. The highest BCUT2D eigenvalue weighted by molar-refractivity contribution is 5.70. The number of hydrogen-bond acceptors (Lipinski definition) is 20. The molecular weight excluding hydrogens is 1040 g/mol. The second-order valence-electron chi connectivity index (χ2n) is 27.8. The topological polar surface area (TPSA) is 242 Å². The number of ether oxygens (including phenoxy) is 15. The average Bonchev–Trinajstić information content (AvgIpc) is 4.40. The number of hydrogen-bond donors (Lipinski definition) is 4. The summed E-state index contributed by atoms with van der Waals surface area (Å²) in [6.45, 7) is 17.9. The van der Waals surface area contributed by atoms with Crippen LogP contribution < -0.4 is 5.73 Å². The Morgan fingerprint density at radius 3 is 2.10 bits per heavy atom. The molecule has 20 heteroatoms. The van der Waals surface area contributed by atoms with E-state index >= 15 is 0 Å². The fraction of sp³-hybridized carbons (Fsp3) is 0.917. The summed E-state index contributed by atoms with van der Waals surface area (Å²) in [7, 11) is 0. The Kier molecular flexibility index (Phi) is 13.8. The number of fused-ring (bicyclic) bond motifs is 10. The van der Waals surface area contributed by atoms with Crippen molar-refractivity contribution in [2.75, 3.05) is 6.54 Å². The fourth-order valence-corrected chi connectivity index (χ4v) is 18.3. The molecule has 16 heterocycles. The molecule has 0 radical (unpaired) electrons. The average molecular weight is 1130 g/mol. The van der Waals surface area contributed by atoms with E-state index in [2.05, 4.69) is 40.9 Å². The fourth-order valence-electron chi connectivity index (χ4n) is 18.3. The van der Waals surface area contributed by atoms with Crippen LogP contribution in [0.1, 0.15) is 143 Å². The lowest BCUT2D eigenvalue weighted by atomic mass is 9.79. The monoisotopic (exact) mass is 1130 g/mol. The lowest BCUT2D eigenvalue weighted by Gasteiger charge is -2.50. The SMILES string of the molecule is C=C1C[C@@H]2CC[C@@]34CC5(O)O[C@H]6[C@@H](O3)[C@H]3O[C@H](CC[C@@H]3O[C@H]6[C@H]5O4)CC(=O)O[C@@H]3[C@@H](C)[C@@H]4O[C@@H]5C[C@]6(C[C@@H]7O[C@]8(C[C@H](C)[C@@H]9O[C@H]([C@@H](O)C[C@@H](O)CN)C[C@@H]9O8)C[C@H](C)[C@@H]7O6)O[C@@H]5C[C@@H]4O[C@H]3C[C@H]3O[C@@H](CC[C@@H]1O2)C[C@@H](C)C3=C. The number of carbonyl (C=O) groups is 1. The number of aliphatic hydroxyl groups is 3. The summed E-state index contributed by atoms with van der Waals surface area (Å²) in [6.07, 6.45) is -0.166. The first-order valence-electron chi connectivity index (χ1n) is 31.0. The van der Waals surface area contributed by atoms with Gasteiger partial charge in [0.05, 0.1) is 123 Å². The Balaban J connectivity index is 0.658. The van der Waals surface area contributed by atoms with Gasteiger partial charge in [0.1, 0.15) is 36.6 Å². The van der Waals surface area contributed by atoms with Gasteiger partial charge in [0.2, 0.25) is 5.79 Å². The van der Waals surface area contributed by atoms with Crippen molar-refractivity contribution in [1.82, 2.24) is 0 Å². The summed E-state index contributed by atoms with van der Waals surface area (Å²) >= 11 is 0. The highest BCUT2D eigenvalue weighted by Crippen LogP contribution is 2.59. The van der Waals surface area contributed by atoms with Crippen LogP contribution in [0, 0.1) is 23.7 Å². The van der Waals surface area contributed by atoms with Crippen molar-refractivity contribution in [3.05, 3.63) is 24.3 Å². The first-order chi connectivity index (χ1) is 38.3. The van der Waals surface area contributed by atoms with Crippen LogP contribution in [-0.4, -0.2) is 197 Å². The summed E-state index contributed by atoms with van der Waals surface area (Å²) in [4.78, 5) is 14.6. The van der Waals surface area contributed by atoms with Crippen molar-refractivity contribution in [3.63, 3.8) is 0 Å². The molecule has 16 saturated heterocycles. The standard InChI is InChI=1S/C60H87NO19/c1-26-13-33-7-9-37-27(2)14-35(66-37)11-12-57-25-60(65)56(80-57)55-54(79-60)53(78-57)52-38(70-55)10-8-34(68-52)16-47(64)73-51-31(6)50-43(69-42(51)17-39(67-33)30(26)5)19-41-45(72-50)22-59(74-41)23-46-49(77-59)29(4)21-58(76-46)20-28(3)48-44(75-58)18-40(71-48)36(63)15-32(62)24-61/h26,28-29,31-46,48-56,62-63,65H,2,5,7-25,61H2,1,3-4,6H3/t26-,28+,29+,31+,32-,33+,34-,35+,36+,37+,38+,39-,40+,41-,42+,43+,44+,45-,46+,48+,49+,50+,51-,52+,53+,54+,55-,56-,57-,58-,59+,60?/m1/s1. The van der Waals surface area contributed by atoms with Crippen LogP contribution in [0.4, 0.5) is 0 Å². The molecule has 80 heavy (non-hydrogen) atoms. The smallest absolute Gasteiger partial charge is 0.308 e. The molecule has 0 aromatic carbocycles. The van der Waals surface area contributed by atoms with Gasteiger partial charge in [-0.3, -0.25) is 4.79 Å². The molecule has 16 rings (SSSR count). The van der Waals surface area contributed by atoms with Gasteiger partial charge in [-0.2, -0.15) is 0 Å². The first kappa shape index (κ1) is 54.9. The van der Waals surface area contributed by atoms with Crippen LogP contribution in [0.2, 0.25) is 0 Å². The van der Waals surface area contributed by atoms with E-state index in [0.717, 1.165) is 36.8 Å². The second kappa shape index (κ2) is 20.2. The van der Waals surface area contributed by atoms with Crippen LogP contribution in [0.15, 0.2) is 24.3 Å². The van der Waals surface area contributed by atoms with E-state index in [0.29, 0.717) is 70.6 Å². The van der Waals surface area contributed by atoms with Gasteiger partial charge in [0, 0.05) is 70.3 Å². The number of carbonyl (C=O) groups excluding carboxylic acids is 1.